The number of fused-ring (bicyclic) bond motifs is 1. The van der Waals surface area contributed by atoms with Crippen LogP contribution in [0.15, 0.2) is 48.7 Å². The van der Waals surface area contributed by atoms with Crippen LogP contribution in [0.3, 0.4) is 0 Å². The summed E-state index contributed by atoms with van der Waals surface area (Å²) in [5.41, 5.74) is 4.22. The molecule has 0 saturated carbocycles. The van der Waals surface area contributed by atoms with Crippen LogP contribution in [0.1, 0.15) is 23.7 Å². The van der Waals surface area contributed by atoms with Crippen LogP contribution in [-0.2, 0) is 13.0 Å². The van der Waals surface area contributed by atoms with E-state index in [1.807, 2.05) is 0 Å². The van der Waals surface area contributed by atoms with Crippen LogP contribution in [0.5, 0.6) is 0 Å². The number of allylic oxidation sites excluding steroid dienone is 1. The standard InChI is InChI=1S/C16H17N/c1-13-7-8-16-15(11-13)9-10-17(16)12-14-5-3-2-4-6-14/h2-10,13H,11-12H2,1H3. The summed E-state index contributed by atoms with van der Waals surface area (Å²) in [6.07, 6.45) is 7.96. The van der Waals surface area contributed by atoms with Crippen molar-refractivity contribution in [1.82, 2.24) is 4.57 Å². The highest BCUT2D eigenvalue weighted by atomic mass is 15.0. The molecule has 1 heterocycles. The van der Waals surface area contributed by atoms with Gasteiger partial charge in [-0.05, 0) is 35.6 Å². The second-order valence-electron chi connectivity index (χ2n) is 4.88. The predicted octanol–water partition coefficient (Wildman–Crippen LogP) is 3.74. The second-order valence-corrected chi connectivity index (χ2v) is 4.88. The first-order chi connectivity index (χ1) is 8.33. The zero-order chi connectivity index (χ0) is 11.7. The summed E-state index contributed by atoms with van der Waals surface area (Å²) >= 11 is 0. The maximum atomic E-state index is 2.34. The fraction of sp³-hybridized carbons (Fsp3) is 0.250. The molecule has 3 rings (SSSR count). The minimum absolute atomic E-state index is 0.676. The lowest BCUT2D eigenvalue weighted by Gasteiger charge is -2.15. The summed E-state index contributed by atoms with van der Waals surface area (Å²) in [5.74, 6) is 0.676. The zero-order valence-corrected chi connectivity index (χ0v) is 10.1. The number of aromatic nitrogens is 1. The molecule has 17 heavy (non-hydrogen) atoms. The van der Waals surface area contributed by atoms with E-state index in [0.717, 1.165) is 6.54 Å². The van der Waals surface area contributed by atoms with Gasteiger partial charge in [0.25, 0.3) is 0 Å². The Labute approximate surface area is 102 Å². The van der Waals surface area contributed by atoms with E-state index in [2.05, 4.69) is 66.2 Å². The molecule has 86 valence electrons. The van der Waals surface area contributed by atoms with Crippen molar-refractivity contribution in [1.29, 1.82) is 0 Å². The van der Waals surface area contributed by atoms with Crippen molar-refractivity contribution in [2.75, 3.05) is 0 Å². The van der Waals surface area contributed by atoms with Gasteiger partial charge >= 0.3 is 0 Å². The van der Waals surface area contributed by atoms with Gasteiger partial charge in [-0.25, -0.2) is 0 Å². The van der Waals surface area contributed by atoms with Crippen molar-refractivity contribution in [2.45, 2.75) is 19.9 Å². The van der Waals surface area contributed by atoms with Gasteiger partial charge < -0.3 is 4.57 Å². The quantitative estimate of drug-likeness (QED) is 0.731. The van der Waals surface area contributed by atoms with E-state index < -0.39 is 0 Å². The molecule has 1 atom stereocenters. The predicted molar refractivity (Wildman–Crippen MR) is 71.9 cm³/mol. The zero-order valence-electron chi connectivity index (χ0n) is 10.1. The molecular weight excluding hydrogens is 206 g/mol. The molecule has 1 nitrogen and oxygen atoms in total. The average molecular weight is 223 g/mol. The van der Waals surface area contributed by atoms with Crippen molar-refractivity contribution in [3.05, 3.63) is 65.5 Å². The third kappa shape index (κ3) is 2.05. The summed E-state index contributed by atoms with van der Waals surface area (Å²) in [5, 5.41) is 0. The van der Waals surface area contributed by atoms with Crippen molar-refractivity contribution >= 4 is 6.08 Å². The van der Waals surface area contributed by atoms with Crippen LogP contribution in [0.25, 0.3) is 6.08 Å². The summed E-state index contributed by atoms with van der Waals surface area (Å²) < 4.78 is 2.34. The van der Waals surface area contributed by atoms with Crippen LogP contribution in [0, 0.1) is 5.92 Å². The molecule has 0 amide bonds. The van der Waals surface area contributed by atoms with Gasteiger partial charge in [-0.15, -0.1) is 0 Å². The first kappa shape index (κ1) is 10.4. The number of benzene rings is 1. The Morgan fingerprint density at radius 3 is 2.82 bits per heavy atom. The first-order valence-electron chi connectivity index (χ1n) is 6.23. The molecule has 1 aliphatic rings. The lowest BCUT2D eigenvalue weighted by Crippen LogP contribution is -2.06. The summed E-state index contributed by atoms with van der Waals surface area (Å²) in [4.78, 5) is 0. The van der Waals surface area contributed by atoms with Crippen molar-refractivity contribution < 1.29 is 0 Å². The van der Waals surface area contributed by atoms with E-state index in [-0.39, 0.29) is 0 Å². The molecule has 0 N–H and O–H groups in total. The highest BCUT2D eigenvalue weighted by Crippen LogP contribution is 2.24. The van der Waals surface area contributed by atoms with Crippen LogP contribution < -0.4 is 0 Å². The third-order valence-corrected chi connectivity index (χ3v) is 3.41. The topological polar surface area (TPSA) is 4.93 Å². The van der Waals surface area contributed by atoms with Gasteiger partial charge in [0, 0.05) is 18.4 Å². The van der Waals surface area contributed by atoms with Gasteiger partial charge in [0.2, 0.25) is 0 Å². The van der Waals surface area contributed by atoms with Crippen LogP contribution in [0.4, 0.5) is 0 Å². The fourth-order valence-electron chi connectivity index (χ4n) is 2.49. The Bertz CT molecular complexity index is 534. The van der Waals surface area contributed by atoms with Gasteiger partial charge in [0.1, 0.15) is 0 Å². The second kappa shape index (κ2) is 4.25. The Hall–Kier alpha value is -1.76. The van der Waals surface area contributed by atoms with Crippen molar-refractivity contribution in [3.8, 4) is 0 Å². The lowest BCUT2D eigenvalue weighted by atomic mass is 9.95. The molecule has 1 aromatic carbocycles. The average Bonchev–Trinajstić information content (AvgIpc) is 2.73. The molecule has 0 saturated heterocycles. The monoisotopic (exact) mass is 223 g/mol. The van der Waals surface area contributed by atoms with Crippen LogP contribution in [-0.4, -0.2) is 4.57 Å². The number of hydrogen-bond donors (Lipinski definition) is 0. The van der Waals surface area contributed by atoms with E-state index in [9.17, 15) is 0 Å². The van der Waals surface area contributed by atoms with Gasteiger partial charge in [-0.1, -0.05) is 43.3 Å². The molecule has 1 heteroatoms. The Morgan fingerprint density at radius 1 is 1.18 bits per heavy atom. The van der Waals surface area contributed by atoms with Crippen molar-refractivity contribution in [3.63, 3.8) is 0 Å². The largest absolute Gasteiger partial charge is 0.343 e. The van der Waals surface area contributed by atoms with E-state index in [1.54, 1.807) is 0 Å². The normalized spacial score (nSPS) is 18.1. The van der Waals surface area contributed by atoms with Gasteiger partial charge in [0.05, 0.1) is 0 Å². The Morgan fingerprint density at radius 2 is 2.00 bits per heavy atom. The number of rotatable bonds is 2. The molecule has 0 spiro atoms. The fourth-order valence-corrected chi connectivity index (χ4v) is 2.49. The third-order valence-electron chi connectivity index (χ3n) is 3.41. The number of nitrogens with zero attached hydrogens (tertiary/aromatic N) is 1. The highest BCUT2D eigenvalue weighted by Gasteiger charge is 2.13. The molecular formula is C16H17N. The van der Waals surface area contributed by atoms with E-state index >= 15 is 0 Å². The smallest absolute Gasteiger partial charge is 0.0476 e. The van der Waals surface area contributed by atoms with E-state index in [0.29, 0.717) is 5.92 Å². The summed E-state index contributed by atoms with van der Waals surface area (Å²) in [7, 11) is 0. The molecule has 1 unspecified atom stereocenters. The SMILES string of the molecule is CC1C=Cc2c(ccn2Cc2ccccc2)C1. The highest BCUT2D eigenvalue weighted by molar-refractivity contribution is 5.54. The minimum atomic E-state index is 0.676. The number of hydrogen-bond acceptors (Lipinski definition) is 0. The molecule has 0 fully saturated rings. The Balaban J connectivity index is 1.90. The maximum Gasteiger partial charge on any atom is 0.0476 e. The van der Waals surface area contributed by atoms with Crippen molar-refractivity contribution in [2.24, 2.45) is 5.92 Å². The van der Waals surface area contributed by atoms with E-state index in [1.165, 1.54) is 23.2 Å². The summed E-state index contributed by atoms with van der Waals surface area (Å²) in [6, 6.07) is 12.9. The Kier molecular flexibility index (Phi) is 2.60. The van der Waals surface area contributed by atoms with Crippen LogP contribution in [0.2, 0.25) is 0 Å². The molecule has 0 radical (unpaired) electrons. The minimum Gasteiger partial charge on any atom is -0.343 e. The molecule has 0 bridgehead atoms. The van der Waals surface area contributed by atoms with Gasteiger partial charge in [0.15, 0.2) is 0 Å². The molecule has 1 aromatic heterocycles. The summed E-state index contributed by atoms with van der Waals surface area (Å²) in [6.45, 7) is 3.24. The van der Waals surface area contributed by atoms with Crippen LogP contribution >= 0.6 is 0 Å². The molecule has 2 aromatic rings. The molecule has 1 aliphatic carbocycles. The van der Waals surface area contributed by atoms with Gasteiger partial charge in [-0.3, -0.25) is 0 Å². The maximum absolute atomic E-state index is 2.34. The van der Waals surface area contributed by atoms with Gasteiger partial charge in [-0.2, -0.15) is 0 Å². The van der Waals surface area contributed by atoms with E-state index in [4.69, 9.17) is 0 Å². The lowest BCUT2D eigenvalue weighted by molar-refractivity contribution is 0.704. The molecule has 0 aliphatic heterocycles. The first-order valence-corrected chi connectivity index (χ1v) is 6.23.